The first kappa shape index (κ1) is 13.7. The van der Waals surface area contributed by atoms with Gasteiger partial charge in [0.1, 0.15) is 5.60 Å². The van der Waals surface area contributed by atoms with Gasteiger partial charge >= 0.3 is 6.09 Å². The van der Waals surface area contributed by atoms with Crippen molar-refractivity contribution in [3.05, 3.63) is 0 Å². The normalized spacial score (nSPS) is 29.9. The summed E-state index contributed by atoms with van der Waals surface area (Å²) in [7, 11) is 0. The maximum atomic E-state index is 11.9. The highest BCUT2D eigenvalue weighted by molar-refractivity contribution is 5.68. The lowest BCUT2D eigenvalue weighted by molar-refractivity contribution is -0.000372. The lowest BCUT2D eigenvalue weighted by Crippen LogP contribution is -2.55. The zero-order chi connectivity index (χ0) is 13.3. The van der Waals surface area contributed by atoms with Crippen LogP contribution in [0.5, 0.6) is 0 Å². The van der Waals surface area contributed by atoms with E-state index in [2.05, 4.69) is 11.8 Å². The van der Waals surface area contributed by atoms with Crippen LogP contribution in [0.25, 0.3) is 0 Å². The van der Waals surface area contributed by atoms with Crippen LogP contribution in [-0.4, -0.2) is 53.7 Å². The van der Waals surface area contributed by atoms with Crippen LogP contribution >= 0.6 is 0 Å². The van der Waals surface area contributed by atoms with Gasteiger partial charge in [-0.25, -0.2) is 4.79 Å². The lowest BCUT2D eigenvalue weighted by atomic mass is 9.80. The molecule has 1 saturated heterocycles. The fourth-order valence-electron chi connectivity index (χ4n) is 2.75. The maximum Gasteiger partial charge on any atom is 0.410 e. The van der Waals surface area contributed by atoms with Crippen LogP contribution in [0.3, 0.4) is 0 Å². The smallest absolute Gasteiger partial charge is 0.410 e. The molecule has 1 amide bonds. The molecule has 0 spiro atoms. The molecule has 1 saturated carbocycles. The molecule has 2 fully saturated rings. The van der Waals surface area contributed by atoms with E-state index in [-0.39, 0.29) is 6.09 Å². The van der Waals surface area contributed by atoms with Gasteiger partial charge < -0.3 is 9.64 Å². The van der Waals surface area contributed by atoms with Crippen LogP contribution in [0.4, 0.5) is 4.79 Å². The molecule has 4 heteroatoms. The topological polar surface area (TPSA) is 32.8 Å². The summed E-state index contributed by atoms with van der Waals surface area (Å²) in [6, 6.07) is 0.765. The van der Waals surface area contributed by atoms with Crippen molar-refractivity contribution in [3.63, 3.8) is 0 Å². The molecule has 0 aromatic rings. The summed E-state index contributed by atoms with van der Waals surface area (Å²) in [6.45, 7) is 11.7. The molecule has 0 bridgehead atoms. The van der Waals surface area contributed by atoms with Crippen molar-refractivity contribution in [2.75, 3.05) is 26.2 Å². The summed E-state index contributed by atoms with van der Waals surface area (Å²) in [5.74, 6) is 0.888. The quantitative estimate of drug-likeness (QED) is 0.720. The molecule has 0 aromatic carbocycles. The Labute approximate surface area is 110 Å². The minimum Gasteiger partial charge on any atom is -0.444 e. The van der Waals surface area contributed by atoms with E-state index in [1.54, 1.807) is 0 Å². The highest BCUT2D eigenvalue weighted by Crippen LogP contribution is 2.31. The van der Waals surface area contributed by atoms with Crippen molar-refractivity contribution in [3.8, 4) is 0 Å². The molecule has 0 radical (unpaired) electrons. The first-order valence-electron chi connectivity index (χ1n) is 7.07. The Hall–Kier alpha value is -0.770. The molecule has 2 rings (SSSR count). The molecule has 0 unspecified atom stereocenters. The highest BCUT2D eigenvalue weighted by Gasteiger charge is 2.34. The number of rotatable bonds is 1. The summed E-state index contributed by atoms with van der Waals surface area (Å²) in [5.41, 5.74) is -0.391. The molecule has 1 aliphatic carbocycles. The monoisotopic (exact) mass is 254 g/mol. The van der Waals surface area contributed by atoms with Gasteiger partial charge in [0.2, 0.25) is 0 Å². The van der Waals surface area contributed by atoms with E-state index in [9.17, 15) is 4.79 Å². The molecule has 1 heterocycles. The molecule has 18 heavy (non-hydrogen) atoms. The largest absolute Gasteiger partial charge is 0.444 e. The Morgan fingerprint density at radius 3 is 2.11 bits per heavy atom. The van der Waals surface area contributed by atoms with Crippen LogP contribution < -0.4 is 0 Å². The summed E-state index contributed by atoms with van der Waals surface area (Å²) in [6.07, 6.45) is 2.49. The molecule has 104 valence electrons. The van der Waals surface area contributed by atoms with Crippen molar-refractivity contribution in [2.24, 2.45) is 5.92 Å². The summed E-state index contributed by atoms with van der Waals surface area (Å²) in [4.78, 5) is 16.3. The Kier molecular flexibility index (Phi) is 3.85. The van der Waals surface area contributed by atoms with E-state index in [0.717, 1.165) is 38.1 Å². The molecule has 1 aliphatic heterocycles. The minimum atomic E-state index is -0.391. The summed E-state index contributed by atoms with van der Waals surface area (Å²) >= 11 is 0. The number of carbonyl (C=O) groups excluding carboxylic acids is 1. The van der Waals surface area contributed by atoms with Gasteiger partial charge in [-0.2, -0.15) is 0 Å². The molecule has 2 aliphatic rings. The fourth-order valence-corrected chi connectivity index (χ4v) is 2.75. The first-order chi connectivity index (χ1) is 8.35. The van der Waals surface area contributed by atoms with E-state index in [4.69, 9.17) is 4.74 Å². The molecule has 0 aromatic heterocycles. The van der Waals surface area contributed by atoms with E-state index in [0.29, 0.717) is 0 Å². The zero-order valence-corrected chi connectivity index (χ0v) is 12.1. The second-order valence-corrected chi connectivity index (χ2v) is 6.73. The van der Waals surface area contributed by atoms with Gasteiger partial charge in [0.25, 0.3) is 0 Å². The molecular weight excluding hydrogens is 228 g/mol. The number of amides is 1. The standard InChI is InChI=1S/C14H26N2O2/c1-11-9-12(10-11)15-5-7-16(8-6-15)13(17)18-14(2,3)4/h11-12H,5-10H2,1-4H3. The number of hydrogen-bond donors (Lipinski definition) is 0. The number of hydrogen-bond acceptors (Lipinski definition) is 3. The molecular formula is C14H26N2O2. The van der Waals surface area contributed by atoms with Crippen LogP contribution in [0.2, 0.25) is 0 Å². The van der Waals surface area contributed by atoms with Crippen molar-refractivity contribution in [1.29, 1.82) is 0 Å². The summed E-state index contributed by atoms with van der Waals surface area (Å²) in [5, 5.41) is 0. The SMILES string of the molecule is CC1CC(N2CCN(C(=O)OC(C)(C)C)CC2)C1. The van der Waals surface area contributed by atoms with Gasteiger partial charge in [0, 0.05) is 32.2 Å². The Morgan fingerprint density at radius 1 is 1.11 bits per heavy atom. The maximum absolute atomic E-state index is 11.9. The van der Waals surface area contributed by atoms with Crippen molar-refractivity contribution < 1.29 is 9.53 Å². The van der Waals surface area contributed by atoms with E-state index >= 15 is 0 Å². The third kappa shape index (κ3) is 3.37. The van der Waals surface area contributed by atoms with E-state index in [1.165, 1.54) is 12.8 Å². The average molecular weight is 254 g/mol. The Bertz CT molecular complexity index is 297. The molecule has 4 nitrogen and oxygen atoms in total. The van der Waals surface area contributed by atoms with Crippen molar-refractivity contribution >= 4 is 6.09 Å². The molecule has 0 N–H and O–H groups in total. The van der Waals surface area contributed by atoms with Crippen LogP contribution in [0, 0.1) is 5.92 Å². The number of ether oxygens (including phenoxy) is 1. The summed E-state index contributed by atoms with van der Waals surface area (Å²) < 4.78 is 5.40. The van der Waals surface area contributed by atoms with Crippen molar-refractivity contribution in [1.82, 2.24) is 9.80 Å². The number of piperazine rings is 1. The highest BCUT2D eigenvalue weighted by atomic mass is 16.6. The zero-order valence-electron chi connectivity index (χ0n) is 12.1. The number of carbonyl (C=O) groups is 1. The Morgan fingerprint density at radius 2 is 1.67 bits per heavy atom. The van der Waals surface area contributed by atoms with Crippen LogP contribution in [0.1, 0.15) is 40.5 Å². The number of nitrogens with zero attached hydrogens (tertiary/aromatic N) is 2. The van der Waals surface area contributed by atoms with E-state index < -0.39 is 5.60 Å². The predicted molar refractivity (Wildman–Crippen MR) is 71.6 cm³/mol. The third-order valence-electron chi connectivity index (χ3n) is 3.83. The van der Waals surface area contributed by atoms with Crippen LogP contribution in [-0.2, 0) is 4.74 Å². The fraction of sp³-hybridized carbons (Fsp3) is 0.929. The van der Waals surface area contributed by atoms with Gasteiger partial charge in [-0.3, -0.25) is 4.90 Å². The van der Waals surface area contributed by atoms with Crippen LogP contribution in [0.15, 0.2) is 0 Å². The molecule has 0 atom stereocenters. The second kappa shape index (κ2) is 5.08. The van der Waals surface area contributed by atoms with Gasteiger partial charge in [-0.1, -0.05) is 6.92 Å². The predicted octanol–water partition coefficient (Wildman–Crippen LogP) is 2.34. The van der Waals surface area contributed by atoms with Gasteiger partial charge in [-0.05, 0) is 39.5 Å². The first-order valence-corrected chi connectivity index (χ1v) is 7.07. The average Bonchev–Trinajstić information content (AvgIpc) is 2.23. The van der Waals surface area contributed by atoms with Crippen molar-refractivity contribution in [2.45, 2.75) is 52.2 Å². The van der Waals surface area contributed by atoms with E-state index in [1.807, 2.05) is 25.7 Å². The van der Waals surface area contributed by atoms with Gasteiger partial charge in [0.15, 0.2) is 0 Å². The second-order valence-electron chi connectivity index (χ2n) is 6.73. The van der Waals surface area contributed by atoms with Gasteiger partial charge in [0.05, 0.1) is 0 Å². The lowest BCUT2D eigenvalue weighted by Gasteiger charge is -2.45. The minimum absolute atomic E-state index is 0.163. The third-order valence-corrected chi connectivity index (χ3v) is 3.83. The van der Waals surface area contributed by atoms with Gasteiger partial charge in [-0.15, -0.1) is 0 Å². The Balaban J connectivity index is 1.74.